The standard InChI is InChI=1S/C8H16NO3/c1-3-4-7(2)5-11-8(10)12-6-9/h7,9H,3-6H2,1-2H3. The van der Waals surface area contributed by atoms with E-state index in [0.29, 0.717) is 12.5 Å². The van der Waals surface area contributed by atoms with E-state index >= 15 is 0 Å². The van der Waals surface area contributed by atoms with Crippen LogP contribution in [0.15, 0.2) is 0 Å². The lowest BCUT2D eigenvalue weighted by Gasteiger charge is -2.09. The molecule has 0 bridgehead atoms. The van der Waals surface area contributed by atoms with Crippen molar-refractivity contribution in [3.05, 3.63) is 0 Å². The van der Waals surface area contributed by atoms with Gasteiger partial charge in [0.05, 0.1) is 6.61 Å². The Morgan fingerprint density at radius 1 is 1.50 bits per heavy atom. The minimum Gasteiger partial charge on any atom is -0.434 e. The summed E-state index contributed by atoms with van der Waals surface area (Å²) in [6.07, 6.45) is 1.37. The van der Waals surface area contributed by atoms with Crippen molar-refractivity contribution in [3.63, 3.8) is 0 Å². The minimum absolute atomic E-state index is 0.369. The first-order valence-electron chi connectivity index (χ1n) is 4.14. The topological polar surface area (TPSA) is 59.3 Å². The molecule has 1 N–H and O–H groups in total. The smallest absolute Gasteiger partial charge is 0.434 e. The number of ether oxygens (including phenoxy) is 2. The number of hydrogen-bond acceptors (Lipinski definition) is 3. The highest BCUT2D eigenvalue weighted by atomic mass is 16.7. The molecule has 0 rings (SSSR count). The van der Waals surface area contributed by atoms with Gasteiger partial charge < -0.3 is 9.47 Å². The van der Waals surface area contributed by atoms with Crippen LogP contribution in [0.2, 0.25) is 0 Å². The molecule has 0 aliphatic rings. The molecule has 4 nitrogen and oxygen atoms in total. The first kappa shape index (κ1) is 11.2. The second-order valence-corrected chi connectivity index (χ2v) is 2.74. The summed E-state index contributed by atoms with van der Waals surface area (Å²) >= 11 is 0. The molecule has 0 aromatic carbocycles. The van der Waals surface area contributed by atoms with E-state index in [1.807, 2.05) is 6.92 Å². The molecule has 0 heterocycles. The number of hydrogen-bond donors (Lipinski definition) is 0. The lowest BCUT2D eigenvalue weighted by molar-refractivity contribution is 0.0456. The zero-order valence-electron chi connectivity index (χ0n) is 7.63. The molecule has 12 heavy (non-hydrogen) atoms. The van der Waals surface area contributed by atoms with Crippen LogP contribution in [-0.2, 0) is 9.47 Å². The summed E-state index contributed by atoms with van der Waals surface area (Å²) in [4.78, 5) is 10.6. The van der Waals surface area contributed by atoms with Gasteiger partial charge in [0.1, 0.15) is 0 Å². The average molecular weight is 174 g/mol. The first-order chi connectivity index (χ1) is 5.70. The Labute approximate surface area is 73.0 Å². The van der Waals surface area contributed by atoms with Gasteiger partial charge in [-0.05, 0) is 12.3 Å². The summed E-state index contributed by atoms with van der Waals surface area (Å²) in [5, 5.41) is 0. The zero-order valence-corrected chi connectivity index (χ0v) is 7.63. The summed E-state index contributed by atoms with van der Waals surface area (Å²) < 4.78 is 8.99. The van der Waals surface area contributed by atoms with E-state index in [4.69, 9.17) is 10.5 Å². The fourth-order valence-corrected chi connectivity index (χ4v) is 0.887. The number of rotatable bonds is 5. The maximum atomic E-state index is 10.6. The Bertz CT molecular complexity index is 127. The van der Waals surface area contributed by atoms with E-state index in [9.17, 15) is 4.79 Å². The zero-order chi connectivity index (χ0) is 9.40. The lowest BCUT2D eigenvalue weighted by Crippen LogP contribution is -2.13. The van der Waals surface area contributed by atoms with Gasteiger partial charge in [-0.2, -0.15) is 0 Å². The molecule has 1 unspecified atom stereocenters. The summed E-state index contributed by atoms with van der Waals surface area (Å²) in [5.74, 6) is 0.369. The molecule has 4 heteroatoms. The third kappa shape index (κ3) is 5.97. The Morgan fingerprint density at radius 3 is 2.67 bits per heavy atom. The highest BCUT2D eigenvalue weighted by molar-refractivity contribution is 5.59. The van der Waals surface area contributed by atoms with E-state index < -0.39 is 6.16 Å². The van der Waals surface area contributed by atoms with Crippen molar-refractivity contribution >= 4 is 6.16 Å². The third-order valence-electron chi connectivity index (χ3n) is 1.46. The van der Waals surface area contributed by atoms with Gasteiger partial charge in [0.25, 0.3) is 0 Å². The minimum atomic E-state index is -0.743. The molecule has 0 saturated carbocycles. The summed E-state index contributed by atoms with van der Waals surface area (Å²) in [6, 6.07) is 0. The van der Waals surface area contributed by atoms with Gasteiger partial charge in [-0.1, -0.05) is 20.3 Å². The van der Waals surface area contributed by atoms with Crippen molar-refractivity contribution in [2.45, 2.75) is 26.7 Å². The number of carbonyl (C=O) groups excluding carboxylic acids is 1. The Balaban J connectivity index is 3.33. The molecule has 0 amide bonds. The largest absolute Gasteiger partial charge is 0.509 e. The van der Waals surface area contributed by atoms with Gasteiger partial charge in [-0.25, -0.2) is 10.5 Å². The summed E-state index contributed by atoms with van der Waals surface area (Å²) in [7, 11) is 0. The van der Waals surface area contributed by atoms with Crippen molar-refractivity contribution < 1.29 is 14.3 Å². The van der Waals surface area contributed by atoms with Crippen LogP contribution in [0.4, 0.5) is 4.79 Å². The SMILES string of the molecule is CCCC(C)COC(=O)OC[NH]. The lowest BCUT2D eigenvalue weighted by atomic mass is 10.1. The predicted octanol–water partition coefficient (Wildman–Crippen LogP) is 1.82. The van der Waals surface area contributed by atoms with Crippen molar-refractivity contribution in [1.82, 2.24) is 5.73 Å². The van der Waals surface area contributed by atoms with Gasteiger partial charge in [-0.3, -0.25) is 0 Å². The summed E-state index contributed by atoms with van der Waals surface area (Å²) in [5.41, 5.74) is 6.58. The normalized spacial score (nSPS) is 12.2. The molecule has 0 aliphatic carbocycles. The molecular weight excluding hydrogens is 158 g/mol. The predicted molar refractivity (Wildman–Crippen MR) is 44.5 cm³/mol. The van der Waals surface area contributed by atoms with Crippen LogP contribution < -0.4 is 5.73 Å². The highest BCUT2D eigenvalue weighted by Crippen LogP contribution is 2.05. The maximum Gasteiger partial charge on any atom is 0.509 e. The van der Waals surface area contributed by atoms with E-state index in [-0.39, 0.29) is 6.73 Å². The monoisotopic (exact) mass is 174 g/mol. The second-order valence-electron chi connectivity index (χ2n) is 2.74. The van der Waals surface area contributed by atoms with Crippen LogP contribution in [0.5, 0.6) is 0 Å². The van der Waals surface area contributed by atoms with E-state index in [2.05, 4.69) is 11.7 Å². The summed E-state index contributed by atoms with van der Waals surface area (Å²) in [6.45, 7) is 4.10. The van der Waals surface area contributed by atoms with Crippen molar-refractivity contribution in [2.24, 2.45) is 5.92 Å². The van der Waals surface area contributed by atoms with Crippen LogP contribution in [0.1, 0.15) is 26.7 Å². The van der Waals surface area contributed by atoms with Crippen LogP contribution in [0, 0.1) is 5.92 Å². The Kier molecular flexibility index (Phi) is 6.47. The fraction of sp³-hybridized carbons (Fsp3) is 0.875. The molecule has 0 aliphatic heterocycles. The van der Waals surface area contributed by atoms with Crippen molar-refractivity contribution in [1.29, 1.82) is 0 Å². The number of nitrogens with one attached hydrogen (secondary N) is 1. The van der Waals surface area contributed by atoms with E-state index in [1.54, 1.807) is 0 Å². The third-order valence-corrected chi connectivity index (χ3v) is 1.46. The molecule has 0 saturated heterocycles. The van der Waals surface area contributed by atoms with Gasteiger partial charge in [0, 0.05) is 0 Å². The fourth-order valence-electron chi connectivity index (χ4n) is 0.887. The molecule has 0 spiro atoms. The van der Waals surface area contributed by atoms with E-state index in [0.717, 1.165) is 12.8 Å². The number of carbonyl (C=O) groups is 1. The molecule has 0 aromatic heterocycles. The van der Waals surface area contributed by atoms with Crippen LogP contribution >= 0.6 is 0 Å². The van der Waals surface area contributed by atoms with Crippen molar-refractivity contribution in [2.75, 3.05) is 13.3 Å². The molecule has 0 fully saturated rings. The first-order valence-corrected chi connectivity index (χ1v) is 4.14. The van der Waals surface area contributed by atoms with Gasteiger partial charge in [0.15, 0.2) is 6.73 Å². The maximum absolute atomic E-state index is 10.6. The van der Waals surface area contributed by atoms with E-state index in [1.165, 1.54) is 0 Å². The van der Waals surface area contributed by atoms with Crippen LogP contribution in [-0.4, -0.2) is 19.5 Å². The average Bonchev–Trinajstić information content (AvgIpc) is 2.02. The Morgan fingerprint density at radius 2 is 2.17 bits per heavy atom. The highest BCUT2D eigenvalue weighted by Gasteiger charge is 2.06. The molecule has 71 valence electrons. The van der Waals surface area contributed by atoms with Crippen molar-refractivity contribution in [3.8, 4) is 0 Å². The molecular formula is C8H16NO3. The molecule has 1 radical (unpaired) electrons. The van der Waals surface area contributed by atoms with Crippen LogP contribution in [0.3, 0.4) is 0 Å². The second kappa shape index (κ2) is 6.91. The Hall–Kier alpha value is -0.770. The molecule has 1 atom stereocenters. The van der Waals surface area contributed by atoms with Gasteiger partial charge in [-0.15, -0.1) is 0 Å². The molecule has 0 aromatic rings. The van der Waals surface area contributed by atoms with Crippen LogP contribution in [0.25, 0.3) is 0 Å². The van der Waals surface area contributed by atoms with Gasteiger partial charge >= 0.3 is 6.16 Å². The quantitative estimate of drug-likeness (QED) is 0.597. The van der Waals surface area contributed by atoms with Gasteiger partial charge in [0.2, 0.25) is 0 Å².